The summed E-state index contributed by atoms with van der Waals surface area (Å²) in [5, 5.41) is 11.4. The van der Waals surface area contributed by atoms with E-state index in [0.29, 0.717) is 17.5 Å². The van der Waals surface area contributed by atoms with Crippen LogP contribution in [0.2, 0.25) is 0 Å². The van der Waals surface area contributed by atoms with Crippen LogP contribution in [0.4, 0.5) is 0 Å². The number of amides is 1. The second-order valence-corrected chi connectivity index (χ2v) is 7.43. The molecule has 0 radical (unpaired) electrons. The van der Waals surface area contributed by atoms with Gasteiger partial charge in [-0.25, -0.2) is 5.01 Å². The molecule has 142 valence electrons. The van der Waals surface area contributed by atoms with Gasteiger partial charge >= 0.3 is 0 Å². The molecule has 2 aliphatic heterocycles. The molecule has 6 nitrogen and oxygen atoms in total. The van der Waals surface area contributed by atoms with Crippen LogP contribution in [0.3, 0.4) is 0 Å². The highest BCUT2D eigenvalue weighted by atomic mass is 32.2. The van der Waals surface area contributed by atoms with Gasteiger partial charge in [0.1, 0.15) is 18.1 Å². The van der Waals surface area contributed by atoms with Crippen molar-refractivity contribution in [2.45, 2.75) is 13.1 Å². The molecule has 2 aromatic rings. The summed E-state index contributed by atoms with van der Waals surface area (Å²) in [6.07, 6.45) is 1.25. The summed E-state index contributed by atoms with van der Waals surface area (Å²) in [7, 11) is 0. The molecule has 0 saturated heterocycles. The van der Waals surface area contributed by atoms with Crippen LogP contribution < -0.4 is 20.6 Å². The number of hydrogen-bond acceptors (Lipinski definition) is 6. The van der Waals surface area contributed by atoms with Gasteiger partial charge in [-0.05, 0) is 24.0 Å². The smallest absolute Gasteiger partial charge is 0.276 e. The fourth-order valence-corrected chi connectivity index (χ4v) is 3.75. The van der Waals surface area contributed by atoms with Crippen LogP contribution in [0.1, 0.15) is 18.7 Å². The van der Waals surface area contributed by atoms with E-state index in [-0.39, 0.29) is 5.91 Å². The van der Waals surface area contributed by atoms with Gasteiger partial charge in [0, 0.05) is 10.8 Å². The van der Waals surface area contributed by atoms with Gasteiger partial charge in [0.15, 0.2) is 11.3 Å². The number of thioether (sulfide) groups is 1. The van der Waals surface area contributed by atoms with Crippen molar-refractivity contribution in [2.24, 2.45) is 10.1 Å². The largest absolute Gasteiger partial charge is 0.490 e. The van der Waals surface area contributed by atoms with E-state index in [0.717, 1.165) is 27.6 Å². The van der Waals surface area contributed by atoms with Crippen LogP contribution in [-0.4, -0.2) is 28.4 Å². The van der Waals surface area contributed by atoms with Crippen molar-refractivity contribution in [3.63, 3.8) is 0 Å². The third kappa shape index (κ3) is 3.41. The lowest BCUT2D eigenvalue weighted by atomic mass is 10.1. The molecule has 0 fully saturated rings. The number of nitrogens with zero attached hydrogens (tertiary/aromatic N) is 3. The lowest BCUT2D eigenvalue weighted by Crippen LogP contribution is -2.50. The van der Waals surface area contributed by atoms with Crippen LogP contribution >= 0.6 is 11.8 Å². The highest BCUT2D eigenvalue weighted by Crippen LogP contribution is 2.32. The number of hydrogen-bond donors (Lipinski definition) is 1. The number of carbonyl (C=O) groups excluding carboxylic acids is 1. The van der Waals surface area contributed by atoms with E-state index in [4.69, 9.17) is 9.73 Å². The Morgan fingerprint density at radius 1 is 1.29 bits per heavy atom. The van der Waals surface area contributed by atoms with Gasteiger partial charge in [0.05, 0.1) is 5.36 Å². The van der Waals surface area contributed by atoms with Crippen LogP contribution in [0.15, 0.2) is 71.3 Å². The Bertz CT molecular complexity index is 1080. The summed E-state index contributed by atoms with van der Waals surface area (Å²) in [5.41, 5.74) is 1.40. The molecular formula is C21H20N4O2S. The first-order valence-corrected chi connectivity index (χ1v) is 10.0. The maximum absolute atomic E-state index is 12.9. The van der Waals surface area contributed by atoms with Crippen molar-refractivity contribution in [3.8, 4) is 5.75 Å². The van der Waals surface area contributed by atoms with Crippen molar-refractivity contribution < 1.29 is 9.53 Å². The second kappa shape index (κ2) is 7.90. The zero-order valence-corrected chi connectivity index (χ0v) is 16.3. The van der Waals surface area contributed by atoms with Crippen LogP contribution in [-0.2, 0) is 4.79 Å². The Kier molecular flexibility index (Phi) is 5.16. The molecule has 0 saturated carbocycles. The maximum atomic E-state index is 12.9. The fourth-order valence-electron chi connectivity index (χ4n) is 3.17. The summed E-state index contributed by atoms with van der Waals surface area (Å²) >= 11 is 1.49. The van der Waals surface area contributed by atoms with Gasteiger partial charge in [-0.1, -0.05) is 61.7 Å². The zero-order valence-electron chi connectivity index (χ0n) is 15.5. The summed E-state index contributed by atoms with van der Waals surface area (Å²) in [6, 6.07) is 15.3. The van der Waals surface area contributed by atoms with Crippen LogP contribution in [0.25, 0.3) is 5.70 Å². The van der Waals surface area contributed by atoms with Crippen LogP contribution in [0, 0.1) is 0 Å². The van der Waals surface area contributed by atoms with E-state index in [1.54, 1.807) is 11.1 Å². The summed E-state index contributed by atoms with van der Waals surface area (Å²) < 4.78 is 5.67. The first kappa shape index (κ1) is 18.3. The molecule has 0 aliphatic carbocycles. The Labute approximate surface area is 167 Å². The third-order valence-electron chi connectivity index (χ3n) is 4.32. The molecule has 28 heavy (non-hydrogen) atoms. The molecule has 1 unspecified atom stereocenters. The number of ether oxygens (including phenoxy) is 1. The molecule has 0 bridgehead atoms. The summed E-state index contributed by atoms with van der Waals surface area (Å²) in [4.78, 5) is 17.8. The Balaban J connectivity index is 1.86. The third-order valence-corrected chi connectivity index (χ3v) is 5.07. The SMILES string of the molecule is C=CCOc1cccc(C2N=c3ccccc3=C3C(=O)NC(SCC)=NN32)c1. The standard InChI is InChI=1S/C21H20N4O2S/c1-3-12-27-15-9-7-8-14(13-15)19-22-17-11-6-5-10-16(17)18-20(26)23-21(28-4-2)24-25(18)19/h3,5-11,13,19H,1,4,12H2,2H3,(H,23,24,26). The average molecular weight is 392 g/mol. The lowest BCUT2D eigenvalue weighted by molar-refractivity contribution is -0.116. The number of carbonyl (C=O) groups is 1. The molecule has 0 spiro atoms. The molecule has 1 atom stereocenters. The van der Waals surface area contributed by atoms with E-state index >= 15 is 0 Å². The van der Waals surface area contributed by atoms with Gasteiger partial charge in [0.2, 0.25) is 0 Å². The molecule has 1 amide bonds. The highest BCUT2D eigenvalue weighted by Gasteiger charge is 2.34. The predicted molar refractivity (Wildman–Crippen MR) is 111 cm³/mol. The number of amidine groups is 1. The van der Waals surface area contributed by atoms with Crippen molar-refractivity contribution in [2.75, 3.05) is 12.4 Å². The van der Waals surface area contributed by atoms with E-state index in [1.807, 2.05) is 55.5 Å². The number of para-hydroxylation sites is 1. The molecule has 7 heteroatoms. The van der Waals surface area contributed by atoms with E-state index < -0.39 is 6.17 Å². The molecular weight excluding hydrogens is 372 g/mol. The fraction of sp³-hybridized carbons (Fsp3) is 0.190. The normalized spacial score (nSPS) is 17.7. The topological polar surface area (TPSA) is 66.3 Å². The Hall–Kier alpha value is -3.06. The summed E-state index contributed by atoms with van der Waals surface area (Å²) in [5.74, 6) is 1.37. The molecule has 2 aromatic carbocycles. The van der Waals surface area contributed by atoms with Gasteiger partial charge in [-0.15, -0.1) is 5.10 Å². The van der Waals surface area contributed by atoms with E-state index in [9.17, 15) is 4.79 Å². The monoisotopic (exact) mass is 392 g/mol. The predicted octanol–water partition coefficient (Wildman–Crippen LogP) is 2.15. The number of benzene rings is 2. The second-order valence-electron chi connectivity index (χ2n) is 6.18. The van der Waals surface area contributed by atoms with Crippen molar-refractivity contribution in [1.82, 2.24) is 10.3 Å². The molecule has 2 aliphatic rings. The van der Waals surface area contributed by atoms with Gasteiger partial charge < -0.3 is 4.74 Å². The minimum atomic E-state index is -0.448. The lowest BCUT2D eigenvalue weighted by Gasteiger charge is -2.34. The maximum Gasteiger partial charge on any atom is 0.276 e. The number of hydrazone groups is 1. The molecule has 2 heterocycles. The zero-order chi connectivity index (χ0) is 19.5. The number of rotatable bonds is 5. The van der Waals surface area contributed by atoms with Gasteiger partial charge in [-0.2, -0.15) is 0 Å². The molecule has 1 N–H and O–H groups in total. The number of fused-ring (bicyclic) bond motifs is 2. The van der Waals surface area contributed by atoms with Crippen molar-refractivity contribution >= 4 is 28.5 Å². The number of nitrogens with one attached hydrogen (secondary N) is 1. The van der Waals surface area contributed by atoms with Crippen LogP contribution in [0.5, 0.6) is 5.75 Å². The van der Waals surface area contributed by atoms with Gasteiger partial charge in [-0.3, -0.25) is 15.1 Å². The summed E-state index contributed by atoms with van der Waals surface area (Å²) in [6.45, 7) is 6.13. The molecule has 0 aromatic heterocycles. The van der Waals surface area contributed by atoms with Crippen molar-refractivity contribution in [3.05, 3.63) is 77.3 Å². The Morgan fingerprint density at radius 3 is 2.96 bits per heavy atom. The first-order chi connectivity index (χ1) is 13.7. The van der Waals surface area contributed by atoms with E-state index in [1.165, 1.54) is 11.8 Å². The van der Waals surface area contributed by atoms with Crippen molar-refractivity contribution in [1.29, 1.82) is 0 Å². The minimum Gasteiger partial charge on any atom is -0.490 e. The quantitative estimate of drug-likeness (QED) is 0.792. The molecule has 4 rings (SSSR count). The minimum absolute atomic E-state index is 0.169. The Morgan fingerprint density at radius 2 is 2.14 bits per heavy atom. The van der Waals surface area contributed by atoms with E-state index in [2.05, 4.69) is 17.0 Å². The average Bonchev–Trinajstić information content (AvgIpc) is 2.72. The first-order valence-electron chi connectivity index (χ1n) is 9.04. The highest BCUT2D eigenvalue weighted by molar-refractivity contribution is 8.13. The van der Waals surface area contributed by atoms with Gasteiger partial charge in [0.25, 0.3) is 5.91 Å².